The van der Waals surface area contributed by atoms with Crippen LogP contribution in [0.15, 0.2) is 27.2 Å². The minimum atomic E-state index is 0.463. The molecule has 3 heterocycles. The van der Waals surface area contributed by atoms with Crippen molar-refractivity contribution in [3.8, 4) is 11.7 Å². The Kier molecular flexibility index (Phi) is 4.39. The molecule has 5 heteroatoms. The molecule has 5 nitrogen and oxygen atoms in total. The average molecular weight is 289 g/mol. The van der Waals surface area contributed by atoms with Crippen LogP contribution in [0, 0.1) is 11.8 Å². The zero-order chi connectivity index (χ0) is 14.7. The highest BCUT2D eigenvalue weighted by molar-refractivity contribution is 5.42. The molecule has 3 rings (SSSR count). The Morgan fingerprint density at radius 1 is 1.29 bits per heavy atom. The van der Waals surface area contributed by atoms with E-state index in [9.17, 15) is 0 Å². The van der Waals surface area contributed by atoms with Crippen molar-refractivity contribution < 1.29 is 8.83 Å². The Morgan fingerprint density at radius 2 is 2.19 bits per heavy atom. The predicted molar refractivity (Wildman–Crippen MR) is 79.5 cm³/mol. The van der Waals surface area contributed by atoms with Crippen LogP contribution >= 0.6 is 0 Å². The SMILES string of the molecule is CC(C)C1CCCN(Cc2nnc(-c3ccco3)o2)CC1. The van der Waals surface area contributed by atoms with Crippen LogP contribution in [0.1, 0.15) is 39.0 Å². The fourth-order valence-electron chi connectivity index (χ4n) is 3.02. The number of rotatable bonds is 4. The highest BCUT2D eigenvalue weighted by Gasteiger charge is 2.21. The molecule has 2 aromatic heterocycles. The van der Waals surface area contributed by atoms with E-state index in [1.54, 1.807) is 6.26 Å². The summed E-state index contributed by atoms with van der Waals surface area (Å²) in [5.41, 5.74) is 0. The zero-order valence-corrected chi connectivity index (χ0v) is 12.8. The summed E-state index contributed by atoms with van der Waals surface area (Å²) >= 11 is 0. The summed E-state index contributed by atoms with van der Waals surface area (Å²) in [4.78, 5) is 2.42. The van der Waals surface area contributed by atoms with Crippen LogP contribution in [0.5, 0.6) is 0 Å². The lowest BCUT2D eigenvalue weighted by Gasteiger charge is -2.19. The second kappa shape index (κ2) is 6.43. The third kappa shape index (κ3) is 3.53. The largest absolute Gasteiger partial charge is 0.459 e. The van der Waals surface area contributed by atoms with Gasteiger partial charge in [0.25, 0.3) is 5.89 Å². The van der Waals surface area contributed by atoms with Gasteiger partial charge in [0.15, 0.2) is 5.76 Å². The van der Waals surface area contributed by atoms with Gasteiger partial charge in [-0.05, 0) is 56.3 Å². The van der Waals surface area contributed by atoms with Gasteiger partial charge in [-0.3, -0.25) is 4.90 Å². The third-order valence-corrected chi connectivity index (χ3v) is 4.37. The number of hydrogen-bond acceptors (Lipinski definition) is 5. The van der Waals surface area contributed by atoms with E-state index >= 15 is 0 Å². The summed E-state index contributed by atoms with van der Waals surface area (Å²) < 4.78 is 11.0. The van der Waals surface area contributed by atoms with Crippen molar-refractivity contribution >= 4 is 0 Å². The lowest BCUT2D eigenvalue weighted by Crippen LogP contribution is -2.24. The normalized spacial score (nSPS) is 20.8. The molecule has 1 fully saturated rings. The van der Waals surface area contributed by atoms with Crippen LogP contribution in [0.25, 0.3) is 11.7 Å². The number of aromatic nitrogens is 2. The van der Waals surface area contributed by atoms with E-state index in [0.717, 1.165) is 31.5 Å². The number of nitrogens with zero attached hydrogens (tertiary/aromatic N) is 3. The molecule has 21 heavy (non-hydrogen) atoms. The molecule has 1 saturated heterocycles. The molecule has 1 atom stereocenters. The minimum absolute atomic E-state index is 0.463. The van der Waals surface area contributed by atoms with Crippen molar-refractivity contribution in [2.75, 3.05) is 13.1 Å². The second-order valence-corrected chi connectivity index (χ2v) is 6.19. The summed E-state index contributed by atoms with van der Waals surface area (Å²) in [5, 5.41) is 8.19. The summed E-state index contributed by atoms with van der Waals surface area (Å²) in [6, 6.07) is 3.65. The van der Waals surface area contributed by atoms with Gasteiger partial charge in [0.2, 0.25) is 5.89 Å². The number of furan rings is 1. The van der Waals surface area contributed by atoms with Gasteiger partial charge in [-0.1, -0.05) is 13.8 Å². The molecule has 0 spiro atoms. The molecule has 0 saturated carbocycles. The molecule has 0 aromatic carbocycles. The molecule has 1 aliphatic rings. The molecule has 0 amide bonds. The monoisotopic (exact) mass is 289 g/mol. The smallest absolute Gasteiger partial charge is 0.283 e. The fourth-order valence-corrected chi connectivity index (χ4v) is 3.02. The fraction of sp³-hybridized carbons (Fsp3) is 0.625. The first-order valence-corrected chi connectivity index (χ1v) is 7.81. The molecule has 0 N–H and O–H groups in total. The molecule has 0 aliphatic carbocycles. The zero-order valence-electron chi connectivity index (χ0n) is 12.8. The van der Waals surface area contributed by atoms with Gasteiger partial charge in [0.1, 0.15) is 0 Å². The predicted octanol–water partition coefficient (Wildman–Crippen LogP) is 3.59. The highest BCUT2D eigenvalue weighted by atomic mass is 16.4. The Hall–Kier alpha value is -1.62. The maximum Gasteiger partial charge on any atom is 0.283 e. The lowest BCUT2D eigenvalue weighted by molar-refractivity contribution is 0.240. The van der Waals surface area contributed by atoms with Gasteiger partial charge >= 0.3 is 0 Å². The molecular formula is C16H23N3O2. The number of likely N-dealkylation sites (tertiary alicyclic amines) is 1. The standard InChI is InChI=1S/C16H23N3O2/c1-12(2)13-5-3-8-19(9-7-13)11-15-17-18-16(21-15)14-6-4-10-20-14/h4,6,10,12-13H,3,5,7-9,11H2,1-2H3. The van der Waals surface area contributed by atoms with Gasteiger partial charge in [0, 0.05) is 0 Å². The molecule has 2 aromatic rings. The summed E-state index contributed by atoms with van der Waals surface area (Å²) in [6.45, 7) is 7.61. The summed E-state index contributed by atoms with van der Waals surface area (Å²) in [6.07, 6.45) is 5.45. The van der Waals surface area contributed by atoms with Crippen LogP contribution in [0.2, 0.25) is 0 Å². The summed E-state index contributed by atoms with van der Waals surface area (Å²) in [7, 11) is 0. The first-order chi connectivity index (χ1) is 10.2. The Morgan fingerprint density at radius 3 is 2.95 bits per heavy atom. The van der Waals surface area contributed by atoms with Crippen molar-refractivity contribution in [3.63, 3.8) is 0 Å². The van der Waals surface area contributed by atoms with Gasteiger partial charge in [-0.2, -0.15) is 0 Å². The van der Waals surface area contributed by atoms with Crippen molar-refractivity contribution in [1.82, 2.24) is 15.1 Å². The Balaban J connectivity index is 1.59. The van der Waals surface area contributed by atoms with Crippen LogP contribution in [-0.2, 0) is 6.54 Å². The van der Waals surface area contributed by atoms with E-state index in [2.05, 4.69) is 28.9 Å². The molecule has 0 bridgehead atoms. The van der Waals surface area contributed by atoms with Crippen molar-refractivity contribution in [2.45, 2.75) is 39.7 Å². The van der Waals surface area contributed by atoms with Crippen molar-refractivity contribution in [3.05, 3.63) is 24.3 Å². The van der Waals surface area contributed by atoms with E-state index in [4.69, 9.17) is 8.83 Å². The Bertz CT molecular complexity index is 548. The second-order valence-electron chi connectivity index (χ2n) is 6.19. The maximum absolute atomic E-state index is 5.69. The lowest BCUT2D eigenvalue weighted by atomic mass is 9.89. The third-order valence-electron chi connectivity index (χ3n) is 4.37. The van der Waals surface area contributed by atoms with Crippen LogP contribution in [0.4, 0.5) is 0 Å². The Labute approximate surface area is 125 Å². The van der Waals surface area contributed by atoms with E-state index in [-0.39, 0.29) is 0 Å². The van der Waals surface area contributed by atoms with Crippen LogP contribution in [-0.4, -0.2) is 28.2 Å². The first-order valence-electron chi connectivity index (χ1n) is 7.81. The van der Waals surface area contributed by atoms with Crippen LogP contribution < -0.4 is 0 Å². The molecule has 1 unspecified atom stereocenters. The van der Waals surface area contributed by atoms with Crippen molar-refractivity contribution in [2.24, 2.45) is 11.8 Å². The van der Waals surface area contributed by atoms with Gasteiger partial charge < -0.3 is 8.83 Å². The van der Waals surface area contributed by atoms with Gasteiger partial charge in [0.05, 0.1) is 12.8 Å². The average Bonchev–Trinajstić information content (AvgIpc) is 3.07. The van der Waals surface area contributed by atoms with Gasteiger partial charge in [-0.15, -0.1) is 10.2 Å². The van der Waals surface area contributed by atoms with Gasteiger partial charge in [-0.25, -0.2) is 0 Å². The molecule has 114 valence electrons. The van der Waals surface area contributed by atoms with E-state index in [1.807, 2.05) is 12.1 Å². The summed E-state index contributed by atoms with van der Waals surface area (Å²) in [5.74, 6) is 3.38. The number of hydrogen-bond donors (Lipinski definition) is 0. The molecule has 0 radical (unpaired) electrons. The maximum atomic E-state index is 5.69. The topological polar surface area (TPSA) is 55.3 Å². The van der Waals surface area contributed by atoms with Crippen LogP contribution in [0.3, 0.4) is 0 Å². The van der Waals surface area contributed by atoms with Crippen molar-refractivity contribution in [1.29, 1.82) is 0 Å². The van der Waals surface area contributed by atoms with E-state index in [0.29, 0.717) is 17.5 Å². The van der Waals surface area contributed by atoms with E-state index < -0.39 is 0 Å². The quantitative estimate of drug-likeness (QED) is 0.861. The minimum Gasteiger partial charge on any atom is -0.459 e. The van der Waals surface area contributed by atoms with E-state index in [1.165, 1.54) is 19.3 Å². The first kappa shape index (κ1) is 14.3. The molecular weight excluding hydrogens is 266 g/mol. The molecule has 1 aliphatic heterocycles. The highest BCUT2D eigenvalue weighted by Crippen LogP contribution is 2.25.